The second-order valence-electron chi connectivity index (χ2n) is 7.35. The van der Waals surface area contributed by atoms with Crippen LogP contribution in [0.5, 0.6) is 5.75 Å². The summed E-state index contributed by atoms with van der Waals surface area (Å²) in [5.74, 6) is 0.915. The van der Waals surface area contributed by atoms with Gasteiger partial charge in [0, 0.05) is 18.5 Å². The zero-order valence-corrected chi connectivity index (χ0v) is 16.5. The molecule has 27 heavy (non-hydrogen) atoms. The number of primary sulfonamides is 1. The van der Waals surface area contributed by atoms with Gasteiger partial charge in [0.2, 0.25) is 10.0 Å². The molecule has 1 aliphatic carbocycles. The van der Waals surface area contributed by atoms with E-state index >= 15 is 0 Å². The largest absolute Gasteiger partial charge is 0.485 e. The lowest BCUT2D eigenvalue weighted by molar-refractivity contribution is 0.121. The minimum Gasteiger partial charge on any atom is -0.485 e. The van der Waals surface area contributed by atoms with Crippen LogP contribution in [0.3, 0.4) is 0 Å². The molecule has 2 atom stereocenters. The maximum absolute atomic E-state index is 11.6. The molecule has 0 radical (unpaired) electrons. The highest BCUT2D eigenvalue weighted by Gasteiger charge is 2.35. The summed E-state index contributed by atoms with van der Waals surface area (Å²) >= 11 is 6.13. The van der Waals surface area contributed by atoms with Crippen LogP contribution in [0.4, 0.5) is 0 Å². The van der Waals surface area contributed by atoms with Crippen LogP contribution in [0.2, 0.25) is 5.02 Å². The number of halogens is 1. The van der Waals surface area contributed by atoms with Crippen LogP contribution in [0, 0.1) is 5.92 Å². The number of likely N-dealkylation sites (tertiary alicyclic amines) is 1. The summed E-state index contributed by atoms with van der Waals surface area (Å²) in [5, 5.41) is 5.27. The fourth-order valence-electron chi connectivity index (χ4n) is 4.19. The first-order chi connectivity index (χ1) is 12.9. The molecule has 0 unspecified atom stereocenters. The van der Waals surface area contributed by atoms with E-state index in [0.717, 1.165) is 26.1 Å². The number of nitrogens with two attached hydrogens (primary N) is 1. The van der Waals surface area contributed by atoms with Gasteiger partial charge in [-0.3, -0.25) is 0 Å². The van der Waals surface area contributed by atoms with Crippen LogP contribution in [0.1, 0.15) is 30.1 Å². The summed E-state index contributed by atoms with van der Waals surface area (Å²) < 4.78 is 29.5. The minimum atomic E-state index is -3.85. The Kier molecular flexibility index (Phi) is 5.16. The van der Waals surface area contributed by atoms with E-state index in [9.17, 15) is 8.42 Å². The number of hydrogen-bond donors (Lipinski definition) is 1. The molecule has 2 aromatic carbocycles. The van der Waals surface area contributed by atoms with E-state index in [2.05, 4.69) is 23.1 Å². The van der Waals surface area contributed by atoms with Crippen LogP contribution in [0.25, 0.3) is 0 Å². The van der Waals surface area contributed by atoms with Crippen molar-refractivity contribution in [1.29, 1.82) is 0 Å². The van der Waals surface area contributed by atoms with Gasteiger partial charge in [-0.1, -0.05) is 35.9 Å². The lowest BCUT2D eigenvalue weighted by Gasteiger charge is -2.26. The van der Waals surface area contributed by atoms with Gasteiger partial charge in [-0.2, -0.15) is 0 Å². The summed E-state index contributed by atoms with van der Waals surface area (Å²) in [5.41, 5.74) is 2.52. The van der Waals surface area contributed by atoms with Crippen molar-refractivity contribution in [3.8, 4) is 5.75 Å². The average Bonchev–Trinajstić information content (AvgIpc) is 3.23. The molecule has 1 heterocycles. The smallest absolute Gasteiger partial charge is 0.239 e. The van der Waals surface area contributed by atoms with Gasteiger partial charge in [-0.05, 0) is 55.6 Å². The number of benzene rings is 2. The molecular weight excluding hydrogens is 384 g/mol. The quantitative estimate of drug-likeness (QED) is 0.826. The Hall–Kier alpha value is -1.60. The number of nitrogens with zero attached hydrogens (tertiary/aromatic N) is 1. The Morgan fingerprint density at radius 3 is 2.59 bits per heavy atom. The van der Waals surface area contributed by atoms with Crippen molar-refractivity contribution in [1.82, 2.24) is 4.90 Å². The van der Waals surface area contributed by atoms with Gasteiger partial charge in [-0.25, -0.2) is 13.6 Å². The molecule has 7 heteroatoms. The molecule has 144 valence electrons. The standard InChI is InChI=1S/C20H23ClN2O3S/c21-18-12-16(7-8-19(18)27(22,24)25)26-20-15(13-23-9-3-4-10-23)11-14-5-1-2-6-17(14)20/h1-2,5-8,12,15,20H,3-4,9-11,13H2,(H2,22,24,25)/t15-,20-/m1/s1. The van der Waals surface area contributed by atoms with Crippen LogP contribution in [-0.4, -0.2) is 33.0 Å². The zero-order valence-electron chi connectivity index (χ0n) is 15.0. The fourth-order valence-corrected chi connectivity index (χ4v) is 5.27. The summed E-state index contributed by atoms with van der Waals surface area (Å²) in [4.78, 5) is 2.42. The van der Waals surface area contributed by atoms with Crippen LogP contribution in [-0.2, 0) is 16.4 Å². The molecule has 0 aromatic heterocycles. The molecule has 2 N–H and O–H groups in total. The molecular formula is C20H23ClN2O3S. The van der Waals surface area contributed by atoms with Crippen molar-refractivity contribution in [3.05, 3.63) is 58.6 Å². The Balaban J connectivity index is 1.60. The third-order valence-corrected chi connectivity index (χ3v) is 6.83. The van der Waals surface area contributed by atoms with Crippen molar-refractivity contribution < 1.29 is 13.2 Å². The Labute approximate surface area is 165 Å². The molecule has 2 aliphatic rings. The molecule has 0 saturated carbocycles. The third kappa shape index (κ3) is 3.99. The highest BCUT2D eigenvalue weighted by atomic mass is 35.5. The summed E-state index contributed by atoms with van der Waals surface area (Å²) in [6.45, 7) is 3.30. The van der Waals surface area contributed by atoms with Gasteiger partial charge in [-0.15, -0.1) is 0 Å². The molecule has 1 fully saturated rings. The monoisotopic (exact) mass is 406 g/mol. The Morgan fingerprint density at radius 1 is 1.15 bits per heavy atom. The molecule has 0 amide bonds. The van der Waals surface area contributed by atoms with E-state index in [-0.39, 0.29) is 16.0 Å². The van der Waals surface area contributed by atoms with Gasteiger partial charge < -0.3 is 9.64 Å². The molecule has 4 rings (SSSR count). The van der Waals surface area contributed by atoms with Crippen molar-refractivity contribution in [3.63, 3.8) is 0 Å². The SMILES string of the molecule is NS(=O)(=O)c1ccc(O[C@H]2c3ccccc3C[C@@H]2CN2CCCC2)cc1Cl. The number of rotatable bonds is 5. The Morgan fingerprint density at radius 2 is 1.89 bits per heavy atom. The minimum absolute atomic E-state index is 0.0711. The average molecular weight is 407 g/mol. The predicted octanol–water partition coefficient (Wildman–Crippen LogP) is 3.38. The van der Waals surface area contributed by atoms with E-state index in [0.29, 0.717) is 11.7 Å². The molecule has 1 aliphatic heterocycles. The van der Waals surface area contributed by atoms with Crippen molar-refractivity contribution in [2.24, 2.45) is 11.1 Å². The van der Waals surface area contributed by atoms with Crippen LogP contribution < -0.4 is 9.88 Å². The van der Waals surface area contributed by atoms with E-state index in [4.69, 9.17) is 21.5 Å². The second-order valence-corrected chi connectivity index (χ2v) is 9.28. The number of sulfonamides is 1. The van der Waals surface area contributed by atoms with Crippen LogP contribution in [0.15, 0.2) is 47.4 Å². The number of fused-ring (bicyclic) bond motifs is 1. The molecule has 5 nitrogen and oxygen atoms in total. The van der Waals surface area contributed by atoms with Gasteiger partial charge in [0.1, 0.15) is 16.7 Å². The van der Waals surface area contributed by atoms with E-state index in [1.165, 1.54) is 36.1 Å². The molecule has 2 aromatic rings. The van der Waals surface area contributed by atoms with E-state index in [1.54, 1.807) is 6.07 Å². The maximum atomic E-state index is 11.6. The summed E-state index contributed by atoms with van der Waals surface area (Å²) in [7, 11) is -3.85. The normalized spacial score (nSPS) is 22.7. The second kappa shape index (κ2) is 7.43. The predicted molar refractivity (Wildman–Crippen MR) is 106 cm³/mol. The van der Waals surface area contributed by atoms with Crippen molar-refractivity contribution in [2.45, 2.75) is 30.3 Å². The first kappa shape index (κ1) is 18.7. The zero-order chi connectivity index (χ0) is 19.0. The van der Waals surface area contributed by atoms with Crippen LogP contribution >= 0.6 is 11.6 Å². The highest BCUT2D eigenvalue weighted by molar-refractivity contribution is 7.89. The molecule has 1 saturated heterocycles. The van der Waals surface area contributed by atoms with Gasteiger partial charge in [0.05, 0.1) is 5.02 Å². The van der Waals surface area contributed by atoms with Crippen molar-refractivity contribution >= 4 is 21.6 Å². The molecule has 0 bridgehead atoms. The van der Waals surface area contributed by atoms with Gasteiger partial charge in [0.15, 0.2) is 0 Å². The lowest BCUT2D eigenvalue weighted by atomic mass is 10.0. The Bertz CT molecular complexity index is 942. The summed E-state index contributed by atoms with van der Waals surface area (Å²) in [6, 6.07) is 12.9. The summed E-state index contributed by atoms with van der Waals surface area (Å²) in [6.07, 6.45) is 3.43. The topological polar surface area (TPSA) is 72.6 Å². The third-order valence-electron chi connectivity index (χ3n) is 5.44. The fraction of sp³-hybridized carbons (Fsp3) is 0.400. The number of hydrogen-bond acceptors (Lipinski definition) is 4. The van der Waals surface area contributed by atoms with Crippen molar-refractivity contribution in [2.75, 3.05) is 19.6 Å². The molecule has 0 spiro atoms. The maximum Gasteiger partial charge on any atom is 0.239 e. The lowest BCUT2D eigenvalue weighted by Crippen LogP contribution is -2.30. The van der Waals surface area contributed by atoms with E-state index in [1.807, 2.05) is 6.07 Å². The first-order valence-corrected chi connectivity index (χ1v) is 11.1. The van der Waals surface area contributed by atoms with Gasteiger partial charge >= 0.3 is 0 Å². The highest BCUT2D eigenvalue weighted by Crippen LogP contribution is 2.41. The van der Waals surface area contributed by atoms with Gasteiger partial charge in [0.25, 0.3) is 0 Å². The first-order valence-electron chi connectivity index (χ1n) is 9.21. The number of ether oxygens (including phenoxy) is 1. The van der Waals surface area contributed by atoms with E-state index < -0.39 is 10.0 Å².